The normalized spacial score (nSPS) is 15.2. The molecule has 1 aliphatic rings. The number of halogens is 1. The zero-order valence-electron chi connectivity index (χ0n) is 20.2. The van der Waals surface area contributed by atoms with Crippen LogP contribution in [0.3, 0.4) is 0 Å². The summed E-state index contributed by atoms with van der Waals surface area (Å²) < 4.78 is 5.45. The number of nitrogens with one attached hydrogen (secondary N) is 3. The van der Waals surface area contributed by atoms with Gasteiger partial charge in [-0.2, -0.15) is 0 Å². The number of hydrogen-bond donors (Lipinski definition) is 4. The zero-order chi connectivity index (χ0) is 25.4. The molecule has 0 aliphatic carbocycles. The summed E-state index contributed by atoms with van der Waals surface area (Å²) in [6.45, 7) is 2.90. The van der Waals surface area contributed by atoms with Gasteiger partial charge in [-0.25, -0.2) is 0 Å². The first kappa shape index (κ1) is 26.4. The van der Waals surface area contributed by atoms with E-state index in [1.54, 1.807) is 37.1 Å². The number of rotatable bonds is 10. The molecule has 2 aromatic rings. The second-order valence-electron chi connectivity index (χ2n) is 8.43. The lowest BCUT2D eigenvalue weighted by Crippen LogP contribution is -2.41. The highest BCUT2D eigenvalue weighted by atomic mass is 35.5. The molecule has 3 rings (SSSR count). The predicted molar refractivity (Wildman–Crippen MR) is 143 cm³/mol. The van der Waals surface area contributed by atoms with E-state index in [2.05, 4.69) is 5.32 Å². The maximum Gasteiger partial charge on any atom is 0.220 e. The van der Waals surface area contributed by atoms with E-state index in [9.17, 15) is 4.79 Å². The molecule has 0 fully saturated rings. The van der Waals surface area contributed by atoms with Crippen molar-refractivity contribution >= 4 is 40.6 Å². The van der Waals surface area contributed by atoms with Gasteiger partial charge < -0.3 is 15.8 Å². The Hall–Kier alpha value is -3.23. The Balaban J connectivity index is 1.94. The first-order valence-corrected chi connectivity index (χ1v) is 12.2. The van der Waals surface area contributed by atoms with E-state index in [-0.39, 0.29) is 24.0 Å². The number of carbonyl (C=O) groups is 1. The van der Waals surface area contributed by atoms with Gasteiger partial charge in [-0.1, -0.05) is 30.2 Å². The van der Waals surface area contributed by atoms with Crippen molar-refractivity contribution in [2.24, 2.45) is 10.7 Å². The second kappa shape index (κ2) is 12.5. The lowest BCUT2D eigenvalue weighted by Gasteiger charge is -2.26. The van der Waals surface area contributed by atoms with E-state index in [1.807, 2.05) is 24.3 Å². The van der Waals surface area contributed by atoms with Gasteiger partial charge in [0.15, 0.2) is 0 Å². The van der Waals surface area contributed by atoms with Crippen molar-refractivity contribution in [2.45, 2.75) is 45.1 Å². The number of amides is 1. The summed E-state index contributed by atoms with van der Waals surface area (Å²) in [4.78, 5) is 19.0. The van der Waals surface area contributed by atoms with Crippen LogP contribution in [0.15, 0.2) is 47.5 Å². The van der Waals surface area contributed by atoms with Crippen LogP contribution in [0, 0.1) is 10.8 Å². The Bertz CT molecular complexity index is 1100. The molecule has 8 nitrogen and oxygen atoms in total. The molecule has 1 amide bonds. The molecule has 1 atom stereocenters. The number of hydrogen-bond acceptors (Lipinski definition) is 6. The Labute approximate surface area is 211 Å². The third-order valence-corrected chi connectivity index (χ3v) is 6.09. The molecular formula is C26H33ClN6O2. The number of anilines is 1. The van der Waals surface area contributed by atoms with Crippen LogP contribution < -0.4 is 20.7 Å². The van der Waals surface area contributed by atoms with Gasteiger partial charge in [0.05, 0.1) is 18.5 Å². The minimum atomic E-state index is -0.609. The number of fused-ring (bicyclic) bond motifs is 1. The van der Waals surface area contributed by atoms with Crippen LogP contribution in [0.2, 0.25) is 5.02 Å². The van der Waals surface area contributed by atoms with Crippen molar-refractivity contribution < 1.29 is 9.53 Å². The number of methoxy groups -OCH3 is 1. The molecule has 0 unspecified atom stereocenters. The molecule has 9 heteroatoms. The number of ether oxygens (including phenoxy) is 1. The summed E-state index contributed by atoms with van der Waals surface area (Å²) in [5.74, 6) is 0.925. The van der Waals surface area contributed by atoms with Gasteiger partial charge in [0, 0.05) is 29.1 Å². The van der Waals surface area contributed by atoms with E-state index in [1.165, 1.54) is 0 Å². The van der Waals surface area contributed by atoms with Crippen molar-refractivity contribution in [3.8, 4) is 5.75 Å². The van der Waals surface area contributed by atoms with Crippen LogP contribution in [0.25, 0.3) is 0 Å². The number of aliphatic imine (C=N–C) groups is 1. The predicted octanol–water partition coefficient (Wildman–Crippen LogP) is 4.37. The fourth-order valence-corrected chi connectivity index (χ4v) is 4.15. The summed E-state index contributed by atoms with van der Waals surface area (Å²) in [6, 6.07) is 12.2. The molecule has 0 bridgehead atoms. The van der Waals surface area contributed by atoms with Gasteiger partial charge in [0.1, 0.15) is 23.5 Å². The van der Waals surface area contributed by atoms with E-state index in [0.717, 1.165) is 30.4 Å². The molecule has 1 aliphatic heterocycles. The Morgan fingerprint density at radius 2 is 1.94 bits per heavy atom. The number of nitrogens with two attached hydrogens (primary N) is 1. The minimum absolute atomic E-state index is 0.0738. The van der Waals surface area contributed by atoms with Gasteiger partial charge in [0.25, 0.3) is 0 Å². The topological polar surface area (TPSA) is 128 Å². The smallest absolute Gasteiger partial charge is 0.220 e. The largest absolute Gasteiger partial charge is 0.497 e. The summed E-state index contributed by atoms with van der Waals surface area (Å²) in [6.07, 6.45) is 3.39. The van der Waals surface area contributed by atoms with Crippen molar-refractivity contribution in [1.29, 1.82) is 10.8 Å². The molecule has 0 aromatic heterocycles. The molecule has 0 saturated heterocycles. The standard InChI is InChI=1S/C26H33ClN6O2/c1-17(29)33-23-12-10-20(35-2)16-21(23)25(18-6-8-19(27)9-7-18)32-22(26(33)30)11-13-24(34)31-15-5-3-4-14-28/h6-10,12,16,22,29-30H,3-5,11,13-15,28H2,1-2H3,(H,31,34)/t22-/m0/s1. The third-order valence-electron chi connectivity index (χ3n) is 5.84. The SMILES string of the molecule is COc1ccc2c(c1)C(c1ccc(Cl)cc1)=N[C@@H](CCC(=O)NCCCCCN)C(=N)N2C(C)=N. The molecule has 1 heterocycles. The Kier molecular flexibility index (Phi) is 9.39. The number of benzodiazepines with no additional fused rings is 1. The average Bonchev–Trinajstić information content (AvgIpc) is 2.96. The fourth-order valence-electron chi connectivity index (χ4n) is 4.02. The van der Waals surface area contributed by atoms with E-state index in [4.69, 9.17) is 37.9 Å². The summed E-state index contributed by atoms with van der Waals surface area (Å²) in [7, 11) is 1.59. The maximum atomic E-state index is 12.5. The zero-order valence-corrected chi connectivity index (χ0v) is 21.0. The molecule has 0 radical (unpaired) electrons. The van der Waals surface area contributed by atoms with Crippen LogP contribution in [-0.2, 0) is 4.79 Å². The lowest BCUT2D eigenvalue weighted by molar-refractivity contribution is -0.121. The molecule has 2 aromatic carbocycles. The van der Waals surface area contributed by atoms with E-state index < -0.39 is 6.04 Å². The minimum Gasteiger partial charge on any atom is -0.497 e. The number of carbonyl (C=O) groups excluding carboxylic acids is 1. The van der Waals surface area contributed by atoms with Gasteiger partial charge in [-0.05, 0) is 63.1 Å². The highest BCUT2D eigenvalue weighted by Crippen LogP contribution is 2.33. The molecule has 5 N–H and O–H groups in total. The monoisotopic (exact) mass is 496 g/mol. The van der Waals surface area contributed by atoms with Gasteiger partial charge in [-0.3, -0.25) is 25.5 Å². The third kappa shape index (κ3) is 6.68. The first-order chi connectivity index (χ1) is 16.8. The molecule has 35 heavy (non-hydrogen) atoms. The molecule has 0 spiro atoms. The van der Waals surface area contributed by atoms with Crippen LogP contribution >= 0.6 is 11.6 Å². The van der Waals surface area contributed by atoms with E-state index in [0.29, 0.717) is 41.7 Å². The van der Waals surface area contributed by atoms with Crippen LogP contribution in [-0.4, -0.2) is 49.5 Å². The molecular weight excluding hydrogens is 464 g/mol. The van der Waals surface area contributed by atoms with Gasteiger partial charge in [-0.15, -0.1) is 0 Å². The van der Waals surface area contributed by atoms with Gasteiger partial charge >= 0.3 is 0 Å². The number of benzene rings is 2. The number of unbranched alkanes of at least 4 members (excludes halogenated alkanes) is 2. The van der Waals surface area contributed by atoms with Crippen molar-refractivity contribution in [3.05, 3.63) is 58.6 Å². The summed E-state index contributed by atoms with van der Waals surface area (Å²) in [5.41, 5.74) is 8.42. The van der Waals surface area contributed by atoms with Crippen molar-refractivity contribution in [1.82, 2.24) is 5.32 Å². The van der Waals surface area contributed by atoms with Gasteiger partial charge in [0.2, 0.25) is 5.91 Å². The van der Waals surface area contributed by atoms with Crippen LogP contribution in [0.5, 0.6) is 5.75 Å². The first-order valence-electron chi connectivity index (χ1n) is 11.8. The molecule has 0 saturated carbocycles. The Morgan fingerprint density at radius 3 is 2.60 bits per heavy atom. The fraction of sp³-hybridized carbons (Fsp3) is 0.385. The van der Waals surface area contributed by atoms with Crippen molar-refractivity contribution in [3.63, 3.8) is 0 Å². The highest BCUT2D eigenvalue weighted by Gasteiger charge is 2.31. The number of amidine groups is 2. The summed E-state index contributed by atoms with van der Waals surface area (Å²) in [5, 5.41) is 20.9. The van der Waals surface area contributed by atoms with Crippen LogP contribution in [0.4, 0.5) is 5.69 Å². The highest BCUT2D eigenvalue weighted by molar-refractivity contribution is 6.31. The quantitative estimate of drug-likeness (QED) is 0.221. The van der Waals surface area contributed by atoms with Crippen molar-refractivity contribution in [2.75, 3.05) is 25.1 Å². The maximum absolute atomic E-state index is 12.5. The summed E-state index contributed by atoms with van der Waals surface area (Å²) >= 11 is 6.12. The van der Waals surface area contributed by atoms with E-state index >= 15 is 0 Å². The second-order valence-corrected chi connectivity index (χ2v) is 8.86. The Morgan fingerprint density at radius 1 is 1.20 bits per heavy atom. The average molecular weight is 497 g/mol. The lowest BCUT2D eigenvalue weighted by atomic mass is 9.99. The number of nitrogens with zero attached hydrogens (tertiary/aromatic N) is 2. The van der Waals surface area contributed by atoms with Crippen LogP contribution in [0.1, 0.15) is 50.2 Å². The molecule has 186 valence electrons.